The summed E-state index contributed by atoms with van der Waals surface area (Å²) in [6.07, 6.45) is 6.72. The van der Waals surface area contributed by atoms with Crippen molar-refractivity contribution >= 4 is 11.8 Å². The van der Waals surface area contributed by atoms with Crippen molar-refractivity contribution in [2.45, 2.75) is 19.4 Å². The van der Waals surface area contributed by atoms with Gasteiger partial charge < -0.3 is 15.2 Å². The first kappa shape index (κ1) is 15.3. The van der Waals surface area contributed by atoms with Crippen LogP contribution in [0.2, 0.25) is 0 Å². The van der Waals surface area contributed by atoms with Crippen LogP contribution in [-0.4, -0.2) is 39.4 Å². The number of benzene rings is 1. The summed E-state index contributed by atoms with van der Waals surface area (Å²) in [4.78, 5) is 29.5. The molecule has 1 aliphatic rings. The molecule has 0 atom stereocenters. The highest BCUT2D eigenvalue weighted by Gasteiger charge is 2.26. The molecule has 1 fully saturated rings. The van der Waals surface area contributed by atoms with Crippen LogP contribution in [0.25, 0.3) is 0 Å². The van der Waals surface area contributed by atoms with E-state index in [0.29, 0.717) is 31.5 Å². The molecule has 0 aliphatic carbocycles. The highest BCUT2D eigenvalue weighted by molar-refractivity contribution is 5.94. The van der Waals surface area contributed by atoms with Crippen molar-refractivity contribution in [2.24, 2.45) is 11.7 Å². The molecule has 1 aromatic heterocycles. The quantitative estimate of drug-likeness (QED) is 0.923. The lowest BCUT2D eigenvalue weighted by Gasteiger charge is -2.30. The largest absolute Gasteiger partial charge is 0.369 e. The molecule has 2 heterocycles. The topological polar surface area (TPSA) is 81.2 Å². The molecule has 2 amide bonds. The monoisotopic (exact) mass is 312 g/mol. The summed E-state index contributed by atoms with van der Waals surface area (Å²) in [6.45, 7) is 1.91. The fourth-order valence-corrected chi connectivity index (χ4v) is 2.89. The molecule has 1 aliphatic heterocycles. The molecular weight excluding hydrogens is 292 g/mol. The maximum Gasteiger partial charge on any atom is 0.253 e. The van der Waals surface area contributed by atoms with Gasteiger partial charge in [0, 0.05) is 43.5 Å². The Balaban J connectivity index is 1.61. The second-order valence-electron chi connectivity index (χ2n) is 5.90. The normalized spacial score (nSPS) is 15.6. The number of imidazole rings is 1. The minimum absolute atomic E-state index is 0.0158. The van der Waals surface area contributed by atoms with Crippen molar-refractivity contribution in [3.05, 3.63) is 54.1 Å². The molecule has 1 aromatic carbocycles. The Bertz CT molecular complexity index is 671. The van der Waals surface area contributed by atoms with E-state index < -0.39 is 0 Å². The number of hydrogen-bond acceptors (Lipinski definition) is 3. The molecule has 0 unspecified atom stereocenters. The van der Waals surface area contributed by atoms with Gasteiger partial charge in [0.05, 0.1) is 6.33 Å². The van der Waals surface area contributed by atoms with Crippen molar-refractivity contribution in [2.75, 3.05) is 13.1 Å². The number of rotatable bonds is 4. The zero-order valence-electron chi connectivity index (χ0n) is 12.9. The second kappa shape index (κ2) is 6.64. The zero-order valence-corrected chi connectivity index (χ0v) is 12.9. The van der Waals surface area contributed by atoms with Gasteiger partial charge in [0.1, 0.15) is 0 Å². The van der Waals surface area contributed by atoms with Gasteiger partial charge in [-0.15, -0.1) is 0 Å². The fraction of sp³-hybridized carbons (Fsp3) is 0.353. The van der Waals surface area contributed by atoms with Crippen molar-refractivity contribution in [3.8, 4) is 0 Å². The summed E-state index contributed by atoms with van der Waals surface area (Å²) in [7, 11) is 0. The third-order valence-electron chi connectivity index (χ3n) is 4.31. The zero-order chi connectivity index (χ0) is 16.2. The molecule has 0 radical (unpaired) electrons. The van der Waals surface area contributed by atoms with Gasteiger partial charge in [-0.25, -0.2) is 4.98 Å². The van der Waals surface area contributed by atoms with E-state index in [9.17, 15) is 9.59 Å². The van der Waals surface area contributed by atoms with Crippen molar-refractivity contribution < 1.29 is 9.59 Å². The van der Waals surface area contributed by atoms with Crippen molar-refractivity contribution in [1.29, 1.82) is 0 Å². The van der Waals surface area contributed by atoms with Gasteiger partial charge >= 0.3 is 0 Å². The molecule has 1 saturated heterocycles. The van der Waals surface area contributed by atoms with E-state index in [1.807, 2.05) is 35.0 Å². The van der Waals surface area contributed by atoms with Gasteiger partial charge in [0.25, 0.3) is 5.91 Å². The number of carbonyl (C=O) groups is 2. The third kappa shape index (κ3) is 3.59. The Labute approximate surface area is 134 Å². The Kier molecular flexibility index (Phi) is 4.41. The fourth-order valence-electron chi connectivity index (χ4n) is 2.89. The molecule has 0 bridgehead atoms. The Hall–Kier alpha value is -2.63. The second-order valence-corrected chi connectivity index (χ2v) is 5.90. The standard InChI is InChI=1S/C17H20N4O2/c18-16(22)14-5-8-21(9-6-14)17(23)15-3-1-13(2-4-15)11-20-10-7-19-12-20/h1-4,7,10,12,14H,5-6,8-9,11H2,(H2,18,22). The Morgan fingerprint density at radius 1 is 1.17 bits per heavy atom. The van der Waals surface area contributed by atoms with E-state index in [2.05, 4.69) is 4.98 Å². The molecule has 23 heavy (non-hydrogen) atoms. The minimum atomic E-state index is -0.263. The maximum atomic E-state index is 12.5. The van der Waals surface area contributed by atoms with E-state index >= 15 is 0 Å². The number of nitrogens with zero attached hydrogens (tertiary/aromatic N) is 3. The van der Waals surface area contributed by atoms with Crippen LogP contribution in [0.15, 0.2) is 43.0 Å². The van der Waals surface area contributed by atoms with E-state index in [0.717, 1.165) is 12.1 Å². The molecule has 3 rings (SSSR count). The lowest BCUT2D eigenvalue weighted by atomic mass is 9.96. The van der Waals surface area contributed by atoms with Gasteiger partial charge in [-0.1, -0.05) is 12.1 Å². The predicted octanol–water partition coefficient (Wildman–Crippen LogP) is 1.27. The van der Waals surface area contributed by atoms with Gasteiger partial charge in [-0.05, 0) is 30.5 Å². The number of hydrogen-bond donors (Lipinski definition) is 1. The van der Waals surface area contributed by atoms with Gasteiger partial charge in [0.2, 0.25) is 5.91 Å². The first-order chi connectivity index (χ1) is 11.1. The number of primary amides is 1. The molecule has 2 N–H and O–H groups in total. The van der Waals surface area contributed by atoms with Crippen molar-refractivity contribution in [1.82, 2.24) is 14.5 Å². The van der Waals surface area contributed by atoms with E-state index in [4.69, 9.17) is 5.73 Å². The SMILES string of the molecule is NC(=O)C1CCN(C(=O)c2ccc(Cn3ccnc3)cc2)CC1. The average molecular weight is 312 g/mol. The van der Waals surface area contributed by atoms with Crippen LogP contribution < -0.4 is 5.73 Å². The summed E-state index contributed by atoms with van der Waals surface area (Å²) in [5.41, 5.74) is 7.12. The van der Waals surface area contributed by atoms with Crippen molar-refractivity contribution in [3.63, 3.8) is 0 Å². The molecule has 6 heteroatoms. The predicted molar refractivity (Wildman–Crippen MR) is 85.6 cm³/mol. The lowest BCUT2D eigenvalue weighted by Crippen LogP contribution is -2.41. The third-order valence-corrected chi connectivity index (χ3v) is 4.31. The first-order valence-corrected chi connectivity index (χ1v) is 7.77. The number of likely N-dealkylation sites (tertiary alicyclic amines) is 1. The van der Waals surface area contributed by atoms with Crippen LogP contribution in [-0.2, 0) is 11.3 Å². The molecule has 2 aromatic rings. The highest BCUT2D eigenvalue weighted by Crippen LogP contribution is 2.19. The summed E-state index contributed by atoms with van der Waals surface area (Å²) in [5.74, 6) is -0.348. The van der Waals surface area contributed by atoms with Gasteiger partial charge in [-0.3, -0.25) is 9.59 Å². The summed E-state index contributed by atoms with van der Waals surface area (Å²) in [5, 5.41) is 0. The number of nitrogens with two attached hydrogens (primary N) is 1. The van der Waals surface area contributed by atoms with Crippen LogP contribution in [0.1, 0.15) is 28.8 Å². The lowest BCUT2D eigenvalue weighted by molar-refractivity contribution is -0.123. The van der Waals surface area contributed by atoms with Gasteiger partial charge in [-0.2, -0.15) is 0 Å². The molecular formula is C17H20N4O2. The smallest absolute Gasteiger partial charge is 0.253 e. The maximum absolute atomic E-state index is 12.5. The number of piperidine rings is 1. The summed E-state index contributed by atoms with van der Waals surface area (Å²) in [6, 6.07) is 7.64. The van der Waals surface area contributed by atoms with E-state index in [1.165, 1.54) is 0 Å². The molecule has 0 spiro atoms. The molecule has 120 valence electrons. The van der Waals surface area contributed by atoms with Crippen LogP contribution in [0.5, 0.6) is 0 Å². The van der Waals surface area contributed by atoms with E-state index in [1.54, 1.807) is 17.4 Å². The molecule has 6 nitrogen and oxygen atoms in total. The van der Waals surface area contributed by atoms with E-state index in [-0.39, 0.29) is 17.7 Å². The number of carbonyl (C=O) groups excluding carboxylic acids is 2. The summed E-state index contributed by atoms with van der Waals surface area (Å²) < 4.78 is 1.98. The average Bonchev–Trinajstić information content (AvgIpc) is 3.08. The number of amides is 2. The van der Waals surface area contributed by atoms with Crippen LogP contribution in [0.4, 0.5) is 0 Å². The number of aromatic nitrogens is 2. The van der Waals surface area contributed by atoms with Crippen LogP contribution >= 0.6 is 0 Å². The summed E-state index contributed by atoms with van der Waals surface area (Å²) >= 11 is 0. The Morgan fingerprint density at radius 2 is 1.87 bits per heavy atom. The first-order valence-electron chi connectivity index (χ1n) is 7.77. The minimum Gasteiger partial charge on any atom is -0.369 e. The Morgan fingerprint density at radius 3 is 2.43 bits per heavy atom. The van der Waals surface area contributed by atoms with Gasteiger partial charge in [0.15, 0.2) is 0 Å². The van der Waals surface area contributed by atoms with Crippen LogP contribution in [0, 0.1) is 5.92 Å². The molecule has 0 saturated carbocycles. The highest BCUT2D eigenvalue weighted by atomic mass is 16.2. The van der Waals surface area contributed by atoms with Crippen LogP contribution in [0.3, 0.4) is 0 Å².